The predicted molar refractivity (Wildman–Crippen MR) is 71.7 cm³/mol. The zero-order chi connectivity index (χ0) is 12.1. The molecule has 0 saturated carbocycles. The van der Waals surface area contributed by atoms with Crippen molar-refractivity contribution in [3.63, 3.8) is 0 Å². The van der Waals surface area contributed by atoms with E-state index in [1.54, 1.807) is 6.08 Å². The standard InChI is InChI=1S/C14H15BrO2/c15-13-4-1-11(2-5-13)3-6-14(16)12-7-9-17-10-8-12/h1-6,12H,7-10H2. The summed E-state index contributed by atoms with van der Waals surface area (Å²) in [6.45, 7) is 1.42. The van der Waals surface area contributed by atoms with Crippen LogP contribution < -0.4 is 0 Å². The van der Waals surface area contributed by atoms with Crippen molar-refractivity contribution in [2.75, 3.05) is 13.2 Å². The van der Waals surface area contributed by atoms with Crippen molar-refractivity contribution in [1.29, 1.82) is 0 Å². The third-order valence-corrected chi connectivity index (χ3v) is 3.46. The summed E-state index contributed by atoms with van der Waals surface area (Å²) in [5.41, 5.74) is 1.05. The summed E-state index contributed by atoms with van der Waals surface area (Å²) in [6.07, 6.45) is 5.27. The van der Waals surface area contributed by atoms with E-state index in [2.05, 4.69) is 15.9 Å². The van der Waals surface area contributed by atoms with Crippen molar-refractivity contribution < 1.29 is 9.53 Å². The zero-order valence-electron chi connectivity index (χ0n) is 9.56. The number of rotatable bonds is 3. The van der Waals surface area contributed by atoms with Crippen molar-refractivity contribution in [3.8, 4) is 0 Å². The number of allylic oxidation sites excluding steroid dienone is 1. The molecule has 1 aromatic rings. The van der Waals surface area contributed by atoms with Gasteiger partial charge in [0.1, 0.15) is 0 Å². The number of carbonyl (C=O) groups excluding carboxylic acids is 1. The van der Waals surface area contributed by atoms with Gasteiger partial charge in [-0.15, -0.1) is 0 Å². The molecule has 0 spiro atoms. The highest BCUT2D eigenvalue weighted by Crippen LogP contribution is 2.17. The minimum absolute atomic E-state index is 0.149. The fraction of sp³-hybridized carbons (Fsp3) is 0.357. The number of ketones is 1. The summed E-state index contributed by atoms with van der Waals surface area (Å²) in [7, 11) is 0. The first-order valence-electron chi connectivity index (χ1n) is 5.81. The van der Waals surface area contributed by atoms with E-state index in [4.69, 9.17) is 4.74 Å². The van der Waals surface area contributed by atoms with Gasteiger partial charge in [-0.25, -0.2) is 0 Å². The Labute approximate surface area is 110 Å². The number of benzene rings is 1. The van der Waals surface area contributed by atoms with E-state index in [9.17, 15) is 4.79 Å². The van der Waals surface area contributed by atoms with Gasteiger partial charge in [-0.3, -0.25) is 4.79 Å². The molecule has 17 heavy (non-hydrogen) atoms. The molecule has 90 valence electrons. The van der Waals surface area contributed by atoms with Gasteiger partial charge in [-0.05, 0) is 36.6 Å². The Morgan fingerprint density at radius 3 is 2.53 bits per heavy atom. The minimum Gasteiger partial charge on any atom is -0.381 e. The molecule has 3 heteroatoms. The Morgan fingerprint density at radius 1 is 1.24 bits per heavy atom. The summed E-state index contributed by atoms with van der Waals surface area (Å²) in [5, 5.41) is 0. The lowest BCUT2D eigenvalue weighted by Crippen LogP contribution is -2.21. The predicted octanol–water partition coefficient (Wildman–Crippen LogP) is 3.46. The van der Waals surface area contributed by atoms with Crippen molar-refractivity contribution in [2.45, 2.75) is 12.8 Å². The van der Waals surface area contributed by atoms with Gasteiger partial charge in [-0.1, -0.05) is 34.1 Å². The van der Waals surface area contributed by atoms with Crippen LogP contribution >= 0.6 is 15.9 Å². The second-order valence-corrected chi connectivity index (χ2v) is 5.09. The fourth-order valence-electron chi connectivity index (χ4n) is 1.87. The van der Waals surface area contributed by atoms with Crippen LogP contribution in [0.25, 0.3) is 6.08 Å². The highest BCUT2D eigenvalue weighted by molar-refractivity contribution is 9.10. The Kier molecular flexibility index (Phi) is 4.51. The molecule has 0 bridgehead atoms. The molecule has 2 nitrogen and oxygen atoms in total. The highest BCUT2D eigenvalue weighted by atomic mass is 79.9. The molecule has 1 heterocycles. The molecule has 2 rings (SSSR count). The molecule has 1 aromatic carbocycles. The third kappa shape index (κ3) is 3.79. The largest absolute Gasteiger partial charge is 0.381 e. The first-order valence-corrected chi connectivity index (χ1v) is 6.60. The monoisotopic (exact) mass is 294 g/mol. The van der Waals surface area contributed by atoms with Crippen molar-refractivity contribution >= 4 is 27.8 Å². The molecule has 0 aliphatic carbocycles. The second kappa shape index (κ2) is 6.12. The average molecular weight is 295 g/mol. The lowest BCUT2D eigenvalue weighted by molar-refractivity contribution is -0.120. The first kappa shape index (κ1) is 12.5. The van der Waals surface area contributed by atoms with Crippen molar-refractivity contribution in [3.05, 3.63) is 40.4 Å². The number of carbonyl (C=O) groups is 1. The number of ether oxygens (including phenoxy) is 1. The third-order valence-electron chi connectivity index (χ3n) is 2.93. The highest BCUT2D eigenvalue weighted by Gasteiger charge is 2.18. The summed E-state index contributed by atoms with van der Waals surface area (Å²) < 4.78 is 6.29. The molecule has 1 aliphatic heterocycles. The maximum atomic E-state index is 11.9. The molecule has 0 radical (unpaired) electrons. The SMILES string of the molecule is O=C(C=Cc1ccc(Br)cc1)C1CCOCC1. The molecular formula is C14H15BrO2. The minimum atomic E-state index is 0.149. The van der Waals surface area contributed by atoms with Crippen LogP contribution in [0.3, 0.4) is 0 Å². The molecule has 0 unspecified atom stereocenters. The average Bonchev–Trinajstić information content (AvgIpc) is 2.39. The lowest BCUT2D eigenvalue weighted by atomic mass is 9.95. The van der Waals surface area contributed by atoms with Crippen molar-refractivity contribution in [2.24, 2.45) is 5.92 Å². The van der Waals surface area contributed by atoms with E-state index < -0.39 is 0 Å². The number of hydrogen-bond donors (Lipinski definition) is 0. The summed E-state index contributed by atoms with van der Waals surface area (Å²) >= 11 is 3.38. The van der Waals surface area contributed by atoms with Crippen LogP contribution in [0, 0.1) is 5.92 Å². The topological polar surface area (TPSA) is 26.3 Å². The van der Waals surface area contributed by atoms with Crippen LogP contribution in [0.2, 0.25) is 0 Å². The Balaban J connectivity index is 1.95. The fourth-order valence-corrected chi connectivity index (χ4v) is 2.13. The quantitative estimate of drug-likeness (QED) is 0.798. The molecule has 0 amide bonds. The molecule has 1 fully saturated rings. The van der Waals surface area contributed by atoms with E-state index in [1.807, 2.05) is 30.3 Å². The Morgan fingerprint density at radius 2 is 1.88 bits per heavy atom. The van der Waals surface area contributed by atoms with Crippen LogP contribution in [0.1, 0.15) is 18.4 Å². The van der Waals surface area contributed by atoms with Crippen LogP contribution in [-0.4, -0.2) is 19.0 Å². The van der Waals surface area contributed by atoms with Crippen LogP contribution in [0.4, 0.5) is 0 Å². The zero-order valence-corrected chi connectivity index (χ0v) is 11.2. The molecule has 0 N–H and O–H groups in total. The van der Waals surface area contributed by atoms with Gasteiger partial charge in [0.15, 0.2) is 5.78 Å². The summed E-state index contributed by atoms with van der Waals surface area (Å²) in [5.74, 6) is 0.367. The maximum Gasteiger partial charge on any atom is 0.158 e. The van der Waals surface area contributed by atoms with Gasteiger partial charge in [0.25, 0.3) is 0 Å². The molecular weight excluding hydrogens is 280 g/mol. The van der Waals surface area contributed by atoms with Gasteiger partial charge < -0.3 is 4.74 Å². The van der Waals surface area contributed by atoms with Crippen LogP contribution in [0.5, 0.6) is 0 Å². The Hall–Kier alpha value is -0.930. The number of hydrogen-bond acceptors (Lipinski definition) is 2. The first-order chi connectivity index (χ1) is 8.25. The van der Waals surface area contributed by atoms with Gasteiger partial charge in [0, 0.05) is 23.6 Å². The van der Waals surface area contributed by atoms with Gasteiger partial charge in [-0.2, -0.15) is 0 Å². The second-order valence-electron chi connectivity index (χ2n) is 4.17. The normalized spacial score (nSPS) is 17.5. The van der Waals surface area contributed by atoms with E-state index in [-0.39, 0.29) is 11.7 Å². The lowest BCUT2D eigenvalue weighted by Gasteiger charge is -2.19. The maximum absolute atomic E-state index is 11.9. The van der Waals surface area contributed by atoms with E-state index in [1.165, 1.54) is 0 Å². The van der Waals surface area contributed by atoms with Crippen LogP contribution in [-0.2, 0) is 9.53 Å². The summed E-state index contributed by atoms with van der Waals surface area (Å²) in [6, 6.07) is 7.91. The number of halogens is 1. The summed E-state index contributed by atoms with van der Waals surface area (Å²) in [4.78, 5) is 11.9. The van der Waals surface area contributed by atoms with Gasteiger partial charge >= 0.3 is 0 Å². The van der Waals surface area contributed by atoms with Crippen LogP contribution in [0.15, 0.2) is 34.8 Å². The smallest absolute Gasteiger partial charge is 0.158 e. The molecule has 0 aromatic heterocycles. The van der Waals surface area contributed by atoms with Crippen molar-refractivity contribution in [1.82, 2.24) is 0 Å². The van der Waals surface area contributed by atoms with E-state index in [0.29, 0.717) is 13.2 Å². The van der Waals surface area contributed by atoms with Gasteiger partial charge in [0.05, 0.1) is 0 Å². The Bertz CT molecular complexity index is 403. The molecule has 0 atom stereocenters. The van der Waals surface area contributed by atoms with E-state index >= 15 is 0 Å². The van der Waals surface area contributed by atoms with Gasteiger partial charge in [0.2, 0.25) is 0 Å². The molecule has 1 saturated heterocycles. The molecule has 1 aliphatic rings. The van der Waals surface area contributed by atoms with E-state index in [0.717, 1.165) is 22.9 Å².